The van der Waals surface area contributed by atoms with Crippen molar-refractivity contribution in [2.45, 2.75) is 53.1 Å². The van der Waals surface area contributed by atoms with E-state index in [0.29, 0.717) is 23.0 Å². The molecule has 0 unspecified atom stereocenters. The first-order valence-electron chi connectivity index (χ1n) is 8.75. The van der Waals surface area contributed by atoms with Gasteiger partial charge in [0.2, 0.25) is 0 Å². The minimum atomic E-state index is -0.439. The van der Waals surface area contributed by atoms with Gasteiger partial charge in [0.1, 0.15) is 6.10 Å². The lowest BCUT2D eigenvalue weighted by Crippen LogP contribution is -2.28. The van der Waals surface area contributed by atoms with Crippen LogP contribution in [-0.4, -0.2) is 25.2 Å². The quantitative estimate of drug-likeness (QED) is 0.609. The molecule has 1 aromatic rings. The van der Waals surface area contributed by atoms with Crippen LogP contribution in [0.3, 0.4) is 0 Å². The summed E-state index contributed by atoms with van der Waals surface area (Å²) in [6.45, 7) is 8.20. The molecule has 0 amide bonds. The van der Waals surface area contributed by atoms with Crippen LogP contribution in [0.2, 0.25) is 0 Å². The number of rotatable bonds is 4. The van der Waals surface area contributed by atoms with Crippen molar-refractivity contribution >= 4 is 11.9 Å². The molecule has 0 aromatic heterocycles. The normalized spacial score (nSPS) is 29.3. The number of carbonyl (C=O) groups is 2. The lowest BCUT2D eigenvalue weighted by atomic mass is 9.71. The molecule has 3 rings (SSSR count). The van der Waals surface area contributed by atoms with Gasteiger partial charge in [-0.05, 0) is 48.3 Å². The van der Waals surface area contributed by atoms with Gasteiger partial charge in [0.15, 0.2) is 11.5 Å². The molecule has 0 N–H and O–H groups in total. The molecule has 2 fully saturated rings. The van der Waals surface area contributed by atoms with Crippen LogP contribution in [0.5, 0.6) is 11.5 Å². The second-order valence-corrected chi connectivity index (χ2v) is 8.03. The fourth-order valence-electron chi connectivity index (χ4n) is 4.57. The average molecular weight is 346 g/mol. The monoisotopic (exact) mass is 346 g/mol. The number of ether oxygens (including phenoxy) is 3. The zero-order chi connectivity index (χ0) is 18.4. The maximum absolute atomic E-state index is 12.6. The second-order valence-electron chi connectivity index (χ2n) is 8.03. The largest absolute Gasteiger partial charge is 0.493 e. The first-order valence-corrected chi connectivity index (χ1v) is 8.75. The number of hydrogen-bond acceptors (Lipinski definition) is 5. The Balaban J connectivity index is 1.75. The summed E-state index contributed by atoms with van der Waals surface area (Å²) in [6, 6.07) is 4.72. The van der Waals surface area contributed by atoms with Gasteiger partial charge in [-0.3, -0.25) is 4.79 Å². The third-order valence-electron chi connectivity index (χ3n) is 6.50. The van der Waals surface area contributed by atoms with Gasteiger partial charge in [0.05, 0.1) is 12.7 Å². The summed E-state index contributed by atoms with van der Waals surface area (Å²) in [5, 5.41) is 0. The van der Waals surface area contributed by atoms with E-state index in [1.807, 2.05) is 0 Å². The van der Waals surface area contributed by atoms with E-state index in [-0.39, 0.29) is 22.9 Å². The predicted molar refractivity (Wildman–Crippen MR) is 92.7 cm³/mol. The van der Waals surface area contributed by atoms with Crippen molar-refractivity contribution in [3.05, 3.63) is 23.8 Å². The fraction of sp³-hybridized carbons (Fsp3) is 0.600. The third kappa shape index (κ3) is 2.90. The number of hydrogen-bond donors (Lipinski definition) is 0. The Labute approximate surface area is 148 Å². The van der Waals surface area contributed by atoms with E-state index in [1.54, 1.807) is 18.2 Å². The number of benzene rings is 1. The van der Waals surface area contributed by atoms with Gasteiger partial charge >= 0.3 is 11.9 Å². The Bertz CT molecular complexity index is 705. The van der Waals surface area contributed by atoms with E-state index >= 15 is 0 Å². The van der Waals surface area contributed by atoms with Crippen molar-refractivity contribution in [1.29, 1.82) is 0 Å². The fourth-order valence-corrected chi connectivity index (χ4v) is 4.57. The van der Waals surface area contributed by atoms with Crippen LogP contribution >= 0.6 is 0 Å². The minimum absolute atomic E-state index is 0.0413. The van der Waals surface area contributed by atoms with E-state index in [0.717, 1.165) is 12.8 Å². The minimum Gasteiger partial charge on any atom is -0.493 e. The summed E-state index contributed by atoms with van der Waals surface area (Å²) in [7, 11) is 1.47. The maximum Gasteiger partial charge on any atom is 0.338 e. The van der Waals surface area contributed by atoms with E-state index in [9.17, 15) is 9.59 Å². The van der Waals surface area contributed by atoms with Crippen LogP contribution < -0.4 is 9.47 Å². The number of fused-ring (bicyclic) bond motifs is 2. The molecule has 2 aliphatic carbocycles. The Hall–Kier alpha value is -2.04. The highest BCUT2D eigenvalue weighted by Crippen LogP contribution is 2.66. The van der Waals surface area contributed by atoms with Gasteiger partial charge < -0.3 is 14.2 Å². The summed E-state index contributed by atoms with van der Waals surface area (Å²) < 4.78 is 16.1. The predicted octanol–water partition coefficient (Wildman–Crippen LogP) is 3.99. The summed E-state index contributed by atoms with van der Waals surface area (Å²) in [5.41, 5.74) is 0.826. The molecule has 0 saturated heterocycles. The van der Waals surface area contributed by atoms with Crippen LogP contribution in [0.1, 0.15) is 57.3 Å². The molecule has 2 bridgehead atoms. The third-order valence-corrected chi connectivity index (χ3v) is 6.50. The Kier molecular flexibility index (Phi) is 4.30. The zero-order valence-electron chi connectivity index (χ0n) is 15.5. The molecule has 1 aromatic carbocycles. The number of esters is 2. The Morgan fingerprint density at radius 3 is 2.40 bits per heavy atom. The highest BCUT2D eigenvalue weighted by molar-refractivity contribution is 5.90. The molecule has 3 atom stereocenters. The average Bonchev–Trinajstić information content (AvgIpc) is 2.87. The molecule has 0 heterocycles. The molecule has 0 spiro atoms. The highest BCUT2D eigenvalue weighted by atomic mass is 16.6. The molecule has 2 saturated carbocycles. The summed E-state index contributed by atoms with van der Waals surface area (Å²) in [5.74, 6) is 0.240. The van der Waals surface area contributed by atoms with Crippen molar-refractivity contribution in [2.75, 3.05) is 7.11 Å². The molecular formula is C20H26O5. The lowest BCUT2D eigenvalue weighted by Gasteiger charge is -2.33. The van der Waals surface area contributed by atoms with Crippen molar-refractivity contribution in [3.8, 4) is 11.5 Å². The highest BCUT2D eigenvalue weighted by Gasteiger charge is 2.61. The van der Waals surface area contributed by atoms with E-state index in [2.05, 4.69) is 20.8 Å². The molecule has 2 aliphatic rings. The van der Waals surface area contributed by atoms with Gasteiger partial charge in [0.25, 0.3) is 0 Å². The zero-order valence-corrected chi connectivity index (χ0v) is 15.5. The Morgan fingerprint density at radius 1 is 1.16 bits per heavy atom. The van der Waals surface area contributed by atoms with Crippen LogP contribution in [0.4, 0.5) is 0 Å². The standard InChI is InChI=1S/C20H26O5/c1-12(21)24-15-7-6-13(10-16(15)23-5)18(22)25-17-11-20(4)9-8-14(17)19(20,2)3/h6-7,10,14,17H,8-9,11H2,1-5H3/t14-,17-,20-/m0/s1. The van der Waals surface area contributed by atoms with Crippen molar-refractivity contribution in [3.63, 3.8) is 0 Å². The van der Waals surface area contributed by atoms with Crippen LogP contribution in [0, 0.1) is 16.7 Å². The molecule has 0 aliphatic heterocycles. The molecule has 25 heavy (non-hydrogen) atoms. The first kappa shape index (κ1) is 17.8. The summed E-state index contributed by atoms with van der Waals surface area (Å²) in [4.78, 5) is 23.7. The molecule has 0 radical (unpaired) electrons. The van der Waals surface area contributed by atoms with E-state index < -0.39 is 5.97 Å². The van der Waals surface area contributed by atoms with Crippen LogP contribution in [0.15, 0.2) is 18.2 Å². The molecule has 136 valence electrons. The smallest absolute Gasteiger partial charge is 0.338 e. The first-order chi connectivity index (χ1) is 11.7. The van der Waals surface area contributed by atoms with Crippen LogP contribution in [-0.2, 0) is 9.53 Å². The van der Waals surface area contributed by atoms with Gasteiger partial charge in [0, 0.05) is 12.8 Å². The van der Waals surface area contributed by atoms with E-state index in [1.165, 1.54) is 20.5 Å². The maximum atomic E-state index is 12.6. The lowest BCUT2D eigenvalue weighted by molar-refractivity contribution is -0.132. The molecule has 5 nitrogen and oxygen atoms in total. The summed E-state index contributed by atoms with van der Waals surface area (Å²) >= 11 is 0. The van der Waals surface area contributed by atoms with Gasteiger partial charge in [-0.2, -0.15) is 0 Å². The topological polar surface area (TPSA) is 61.8 Å². The van der Waals surface area contributed by atoms with Crippen molar-refractivity contribution in [1.82, 2.24) is 0 Å². The van der Waals surface area contributed by atoms with Crippen molar-refractivity contribution < 1.29 is 23.8 Å². The van der Waals surface area contributed by atoms with Crippen molar-refractivity contribution in [2.24, 2.45) is 16.7 Å². The Morgan fingerprint density at radius 2 is 1.88 bits per heavy atom. The second kappa shape index (κ2) is 6.04. The summed E-state index contributed by atoms with van der Waals surface area (Å²) in [6.07, 6.45) is 3.18. The van der Waals surface area contributed by atoms with Gasteiger partial charge in [-0.25, -0.2) is 4.79 Å². The van der Waals surface area contributed by atoms with Gasteiger partial charge in [-0.15, -0.1) is 0 Å². The number of methoxy groups -OCH3 is 1. The molecule has 5 heteroatoms. The number of carbonyl (C=O) groups excluding carboxylic acids is 2. The van der Waals surface area contributed by atoms with Gasteiger partial charge in [-0.1, -0.05) is 20.8 Å². The van der Waals surface area contributed by atoms with E-state index in [4.69, 9.17) is 14.2 Å². The SMILES string of the molecule is COc1cc(C(=O)O[C@H]2C[C@]3(C)CC[C@@H]2C3(C)C)ccc1OC(C)=O. The van der Waals surface area contributed by atoms with Crippen LogP contribution in [0.25, 0.3) is 0 Å². The molecular weight excluding hydrogens is 320 g/mol.